The lowest BCUT2D eigenvalue weighted by atomic mass is 10.2. The van der Waals surface area contributed by atoms with E-state index in [1.165, 1.54) is 11.3 Å². The number of rotatable bonds is 4. The predicted octanol–water partition coefficient (Wildman–Crippen LogP) is 3.14. The first kappa shape index (κ1) is 17.2. The Morgan fingerprint density at radius 1 is 1.22 bits per heavy atom. The molecule has 0 amide bonds. The number of carbonyl (C=O) groups excluding carboxylic acids is 1. The number of nitrogens with zero attached hydrogens (tertiary/aromatic N) is 3. The Bertz CT molecular complexity index is 1190. The lowest BCUT2D eigenvalue weighted by Crippen LogP contribution is -2.14. The fourth-order valence-corrected chi connectivity index (χ4v) is 3.68. The van der Waals surface area contributed by atoms with Gasteiger partial charge >= 0.3 is 5.97 Å². The van der Waals surface area contributed by atoms with Gasteiger partial charge in [0.25, 0.3) is 5.56 Å². The average Bonchev–Trinajstić information content (AvgIpc) is 3.25. The summed E-state index contributed by atoms with van der Waals surface area (Å²) < 4.78 is 7.65. The zero-order valence-electron chi connectivity index (χ0n) is 14.7. The van der Waals surface area contributed by atoms with Crippen molar-refractivity contribution in [1.82, 2.24) is 19.7 Å². The minimum atomic E-state index is -0.500. The molecule has 0 aliphatic heterocycles. The van der Waals surface area contributed by atoms with Gasteiger partial charge in [0.15, 0.2) is 0 Å². The Labute approximate surface area is 158 Å². The first-order valence-corrected chi connectivity index (χ1v) is 9.17. The van der Waals surface area contributed by atoms with Crippen molar-refractivity contribution in [3.8, 4) is 5.69 Å². The van der Waals surface area contributed by atoms with Gasteiger partial charge < -0.3 is 9.72 Å². The summed E-state index contributed by atoms with van der Waals surface area (Å²) in [5.74, 6) is -0.190. The normalized spacial score (nSPS) is 11.0. The van der Waals surface area contributed by atoms with Gasteiger partial charge in [0.2, 0.25) is 0 Å². The van der Waals surface area contributed by atoms with Crippen molar-refractivity contribution < 1.29 is 9.53 Å². The van der Waals surface area contributed by atoms with Gasteiger partial charge in [-0.25, -0.2) is 14.5 Å². The molecule has 4 aromatic rings. The van der Waals surface area contributed by atoms with Crippen LogP contribution < -0.4 is 5.56 Å². The van der Waals surface area contributed by atoms with Crippen molar-refractivity contribution in [3.63, 3.8) is 0 Å². The first-order chi connectivity index (χ1) is 13.0. The molecule has 0 radical (unpaired) electrons. The number of para-hydroxylation sites is 1. The number of nitrogens with one attached hydrogen (secondary N) is 1. The SMILES string of the molecule is Cc1nn(-c2ccccc2)c(C)c1C(=O)OCc1nc2ccsc2c(=O)[nH]1. The van der Waals surface area contributed by atoms with E-state index in [-0.39, 0.29) is 12.2 Å². The second-order valence-electron chi connectivity index (χ2n) is 6.02. The quantitative estimate of drug-likeness (QED) is 0.549. The van der Waals surface area contributed by atoms with Crippen molar-refractivity contribution in [2.45, 2.75) is 20.5 Å². The number of aromatic nitrogens is 4. The number of thiophene rings is 1. The molecule has 0 bridgehead atoms. The minimum Gasteiger partial charge on any atom is -0.454 e. The molecule has 0 aliphatic carbocycles. The van der Waals surface area contributed by atoms with Crippen LogP contribution in [0.15, 0.2) is 46.6 Å². The maximum atomic E-state index is 12.6. The molecule has 0 saturated heterocycles. The van der Waals surface area contributed by atoms with Gasteiger partial charge in [-0.1, -0.05) is 18.2 Å². The van der Waals surface area contributed by atoms with Crippen LogP contribution in [0.4, 0.5) is 0 Å². The van der Waals surface area contributed by atoms with E-state index in [1.54, 1.807) is 23.1 Å². The molecule has 1 N–H and O–H groups in total. The van der Waals surface area contributed by atoms with Crippen molar-refractivity contribution in [1.29, 1.82) is 0 Å². The van der Waals surface area contributed by atoms with Crippen molar-refractivity contribution in [2.24, 2.45) is 0 Å². The maximum Gasteiger partial charge on any atom is 0.342 e. The number of fused-ring (bicyclic) bond motifs is 1. The van der Waals surface area contributed by atoms with E-state index >= 15 is 0 Å². The number of carbonyl (C=O) groups is 1. The Balaban J connectivity index is 1.58. The number of esters is 1. The number of aryl methyl sites for hydroxylation is 1. The lowest BCUT2D eigenvalue weighted by molar-refractivity contribution is 0.0460. The van der Waals surface area contributed by atoms with E-state index in [0.29, 0.717) is 33.0 Å². The van der Waals surface area contributed by atoms with Crippen molar-refractivity contribution >= 4 is 27.5 Å². The second-order valence-corrected chi connectivity index (χ2v) is 6.93. The van der Waals surface area contributed by atoms with Gasteiger partial charge in [-0.3, -0.25) is 4.79 Å². The average molecular weight is 380 g/mol. The number of hydrogen-bond acceptors (Lipinski definition) is 6. The summed E-state index contributed by atoms with van der Waals surface area (Å²) in [5, 5.41) is 6.25. The highest BCUT2D eigenvalue weighted by atomic mass is 32.1. The number of hydrogen-bond donors (Lipinski definition) is 1. The first-order valence-electron chi connectivity index (χ1n) is 8.30. The monoisotopic (exact) mass is 380 g/mol. The molecular weight excluding hydrogens is 364 g/mol. The van der Waals surface area contributed by atoms with E-state index < -0.39 is 5.97 Å². The number of H-pyrrole nitrogens is 1. The van der Waals surface area contributed by atoms with E-state index in [2.05, 4.69) is 15.1 Å². The molecule has 0 fully saturated rings. The van der Waals surface area contributed by atoms with Crippen LogP contribution in [-0.2, 0) is 11.3 Å². The van der Waals surface area contributed by atoms with E-state index in [1.807, 2.05) is 37.3 Å². The summed E-state index contributed by atoms with van der Waals surface area (Å²) in [5.41, 5.74) is 2.92. The summed E-state index contributed by atoms with van der Waals surface area (Å²) in [6.07, 6.45) is 0. The third kappa shape index (κ3) is 3.15. The molecule has 0 spiro atoms. The Kier molecular flexibility index (Phi) is 4.33. The van der Waals surface area contributed by atoms with E-state index in [4.69, 9.17) is 4.74 Å². The van der Waals surface area contributed by atoms with Gasteiger partial charge in [0.05, 0.1) is 22.6 Å². The molecule has 0 atom stereocenters. The van der Waals surface area contributed by atoms with Crippen LogP contribution in [-0.4, -0.2) is 25.7 Å². The summed E-state index contributed by atoms with van der Waals surface area (Å²) in [7, 11) is 0. The highest BCUT2D eigenvalue weighted by Gasteiger charge is 2.21. The molecule has 8 heteroatoms. The van der Waals surface area contributed by atoms with Gasteiger partial charge in [0, 0.05) is 0 Å². The minimum absolute atomic E-state index is 0.116. The van der Waals surface area contributed by atoms with Crippen LogP contribution >= 0.6 is 11.3 Å². The molecule has 0 aliphatic rings. The Morgan fingerprint density at radius 3 is 2.78 bits per heavy atom. The van der Waals surface area contributed by atoms with Crippen LogP contribution in [0.1, 0.15) is 27.6 Å². The Morgan fingerprint density at radius 2 is 2.00 bits per heavy atom. The highest BCUT2D eigenvalue weighted by molar-refractivity contribution is 7.17. The van der Waals surface area contributed by atoms with Crippen LogP contribution in [0.2, 0.25) is 0 Å². The molecule has 4 rings (SSSR count). The lowest BCUT2D eigenvalue weighted by Gasteiger charge is -2.06. The molecule has 0 unspecified atom stereocenters. The molecule has 1 aromatic carbocycles. The van der Waals surface area contributed by atoms with E-state index in [0.717, 1.165) is 5.69 Å². The van der Waals surface area contributed by atoms with Crippen LogP contribution in [0.25, 0.3) is 15.9 Å². The molecule has 3 heterocycles. The largest absolute Gasteiger partial charge is 0.454 e. The van der Waals surface area contributed by atoms with Crippen molar-refractivity contribution in [2.75, 3.05) is 0 Å². The third-order valence-corrected chi connectivity index (χ3v) is 5.10. The standard InChI is InChI=1S/C19H16N4O3S/c1-11-16(12(2)23(22-11)13-6-4-3-5-7-13)19(25)26-10-15-20-14-8-9-27-17(14)18(24)21-15/h3-9H,10H2,1-2H3,(H,20,21,24). The van der Waals surface area contributed by atoms with Gasteiger partial charge in [-0.2, -0.15) is 5.10 Å². The molecule has 3 aromatic heterocycles. The van der Waals surface area contributed by atoms with Crippen LogP contribution in [0, 0.1) is 13.8 Å². The maximum absolute atomic E-state index is 12.6. The van der Waals surface area contributed by atoms with Gasteiger partial charge in [0.1, 0.15) is 22.7 Å². The number of aromatic amines is 1. The molecule has 136 valence electrons. The highest BCUT2D eigenvalue weighted by Crippen LogP contribution is 2.19. The van der Waals surface area contributed by atoms with E-state index in [9.17, 15) is 9.59 Å². The molecule has 7 nitrogen and oxygen atoms in total. The topological polar surface area (TPSA) is 89.9 Å². The van der Waals surface area contributed by atoms with Crippen LogP contribution in [0.5, 0.6) is 0 Å². The summed E-state index contributed by atoms with van der Waals surface area (Å²) >= 11 is 1.32. The predicted molar refractivity (Wildman–Crippen MR) is 102 cm³/mol. The summed E-state index contributed by atoms with van der Waals surface area (Å²) in [6, 6.07) is 11.3. The zero-order valence-corrected chi connectivity index (χ0v) is 15.5. The van der Waals surface area contributed by atoms with Crippen LogP contribution in [0.3, 0.4) is 0 Å². The van der Waals surface area contributed by atoms with Gasteiger partial charge in [-0.15, -0.1) is 11.3 Å². The number of ether oxygens (including phenoxy) is 1. The summed E-state index contributed by atoms with van der Waals surface area (Å²) in [4.78, 5) is 31.6. The fourth-order valence-electron chi connectivity index (χ4n) is 2.95. The second kappa shape index (κ2) is 6.81. The summed E-state index contributed by atoms with van der Waals surface area (Å²) in [6.45, 7) is 3.47. The smallest absolute Gasteiger partial charge is 0.342 e. The number of benzene rings is 1. The van der Waals surface area contributed by atoms with Gasteiger partial charge in [-0.05, 0) is 37.4 Å². The van der Waals surface area contributed by atoms with Crippen molar-refractivity contribution in [3.05, 3.63) is 74.9 Å². The molecule has 0 saturated carbocycles. The third-order valence-electron chi connectivity index (χ3n) is 4.20. The molecular formula is C19H16N4O3S. The zero-order chi connectivity index (χ0) is 19.0. The molecule has 27 heavy (non-hydrogen) atoms. The Hall–Kier alpha value is -3.26. The fraction of sp³-hybridized carbons (Fsp3) is 0.158.